The van der Waals surface area contributed by atoms with Crippen LogP contribution in [0.15, 0.2) is 24.4 Å². The van der Waals surface area contributed by atoms with Gasteiger partial charge in [-0.15, -0.1) is 0 Å². The molecule has 4 N–H and O–H groups in total. The Kier molecular flexibility index (Phi) is 4.61. The molecule has 0 atom stereocenters. The summed E-state index contributed by atoms with van der Waals surface area (Å²) in [4.78, 5) is 16.5. The molecule has 2 aromatic rings. The lowest BCUT2D eigenvalue weighted by Crippen LogP contribution is -2.16. The van der Waals surface area contributed by atoms with Crippen LogP contribution in [0.2, 0.25) is 0 Å². The second kappa shape index (κ2) is 6.62. The Morgan fingerprint density at radius 2 is 2.00 bits per heavy atom. The van der Waals surface area contributed by atoms with Crippen LogP contribution in [0.25, 0.3) is 0 Å². The fourth-order valence-corrected chi connectivity index (χ4v) is 1.44. The lowest BCUT2D eigenvalue weighted by atomic mass is 10.3. The highest BCUT2D eigenvalue weighted by atomic mass is 16.5. The molecule has 0 spiro atoms. The maximum absolute atomic E-state index is 5.44. The van der Waals surface area contributed by atoms with Gasteiger partial charge >= 0.3 is 6.01 Å². The van der Waals surface area contributed by atoms with Crippen molar-refractivity contribution >= 4 is 11.9 Å². The summed E-state index contributed by atoms with van der Waals surface area (Å²) < 4.78 is 5.44. The van der Waals surface area contributed by atoms with E-state index in [1.54, 1.807) is 6.20 Å². The van der Waals surface area contributed by atoms with E-state index < -0.39 is 0 Å². The third kappa shape index (κ3) is 4.02. The molecule has 0 aliphatic rings. The fourth-order valence-electron chi connectivity index (χ4n) is 1.44. The number of aromatic nitrogens is 4. The average molecular weight is 275 g/mol. The van der Waals surface area contributed by atoms with E-state index in [9.17, 15) is 0 Å². The van der Waals surface area contributed by atoms with Gasteiger partial charge in [-0.25, -0.2) is 5.84 Å². The number of nitrogens with one attached hydrogen (secondary N) is 2. The summed E-state index contributed by atoms with van der Waals surface area (Å²) in [6.45, 7) is 4.27. The first-order chi connectivity index (χ1) is 9.67. The van der Waals surface area contributed by atoms with Crippen molar-refractivity contribution in [1.29, 1.82) is 0 Å². The van der Waals surface area contributed by atoms with E-state index in [1.165, 1.54) is 0 Å². The number of nitrogens with two attached hydrogens (primary N) is 1. The van der Waals surface area contributed by atoms with E-state index >= 15 is 0 Å². The molecule has 8 nitrogen and oxygen atoms in total. The summed E-state index contributed by atoms with van der Waals surface area (Å²) in [5.41, 5.74) is 3.26. The summed E-state index contributed by atoms with van der Waals surface area (Å²) in [6, 6.07) is 5.89. The molecule has 106 valence electrons. The molecular weight excluding hydrogens is 258 g/mol. The van der Waals surface area contributed by atoms with Crippen LogP contribution in [-0.2, 0) is 6.54 Å². The first-order valence-electron chi connectivity index (χ1n) is 6.20. The molecular formula is C12H17N7O. The van der Waals surface area contributed by atoms with Crippen molar-refractivity contribution in [2.45, 2.75) is 26.5 Å². The van der Waals surface area contributed by atoms with Gasteiger partial charge in [0.2, 0.25) is 11.9 Å². The Labute approximate surface area is 116 Å². The quantitative estimate of drug-likeness (QED) is 0.528. The molecule has 0 aliphatic carbocycles. The number of nitrogens with zero attached hydrogens (tertiary/aromatic N) is 4. The first-order valence-corrected chi connectivity index (χ1v) is 6.20. The number of hydrogen-bond acceptors (Lipinski definition) is 8. The smallest absolute Gasteiger partial charge is 0.323 e. The Morgan fingerprint density at radius 1 is 1.20 bits per heavy atom. The number of nitrogen functional groups attached to an aromatic ring is 1. The zero-order valence-electron chi connectivity index (χ0n) is 11.4. The van der Waals surface area contributed by atoms with E-state index in [2.05, 4.69) is 30.7 Å². The minimum absolute atomic E-state index is 0.0355. The Balaban J connectivity index is 2.10. The van der Waals surface area contributed by atoms with E-state index in [-0.39, 0.29) is 18.1 Å². The maximum Gasteiger partial charge on any atom is 0.323 e. The molecule has 0 fully saturated rings. The molecule has 20 heavy (non-hydrogen) atoms. The van der Waals surface area contributed by atoms with Gasteiger partial charge in [0, 0.05) is 6.20 Å². The van der Waals surface area contributed by atoms with Crippen LogP contribution in [-0.4, -0.2) is 26.0 Å². The van der Waals surface area contributed by atoms with Gasteiger partial charge in [-0.05, 0) is 26.0 Å². The number of ether oxygens (including phenoxy) is 1. The van der Waals surface area contributed by atoms with Crippen LogP contribution in [0.4, 0.5) is 11.9 Å². The largest absolute Gasteiger partial charge is 0.461 e. The number of hydrazine groups is 1. The molecule has 2 rings (SSSR count). The van der Waals surface area contributed by atoms with Crippen LogP contribution in [0, 0.1) is 0 Å². The van der Waals surface area contributed by atoms with Gasteiger partial charge in [0.25, 0.3) is 0 Å². The lowest BCUT2D eigenvalue weighted by Gasteiger charge is -2.10. The Hall–Kier alpha value is -2.48. The topological polar surface area (TPSA) is 111 Å². The molecule has 0 radical (unpaired) electrons. The first kappa shape index (κ1) is 13.9. The van der Waals surface area contributed by atoms with Gasteiger partial charge in [-0.2, -0.15) is 15.0 Å². The molecule has 8 heteroatoms. The predicted octanol–water partition coefficient (Wildman–Crippen LogP) is 0.951. The SMILES string of the molecule is CC(C)Oc1nc(NN)nc(NCc2ccccn2)n1. The molecule has 2 aromatic heterocycles. The normalized spacial score (nSPS) is 10.4. The van der Waals surface area contributed by atoms with Crippen molar-refractivity contribution in [3.8, 4) is 6.01 Å². The standard InChI is InChI=1S/C12H17N7O/c1-8(2)20-12-17-10(16-11(18-12)19-13)15-7-9-5-3-4-6-14-9/h3-6,8H,7,13H2,1-2H3,(H2,15,16,17,18,19). The van der Waals surface area contributed by atoms with Crippen molar-refractivity contribution in [2.75, 3.05) is 10.7 Å². The molecule has 2 heterocycles. The minimum atomic E-state index is -0.0355. The highest BCUT2D eigenvalue weighted by Gasteiger charge is 2.08. The Bertz CT molecular complexity index is 547. The van der Waals surface area contributed by atoms with Crippen LogP contribution >= 0.6 is 0 Å². The molecule has 0 bridgehead atoms. The van der Waals surface area contributed by atoms with Gasteiger partial charge in [-0.1, -0.05) is 6.07 Å². The number of anilines is 2. The van der Waals surface area contributed by atoms with Crippen molar-refractivity contribution in [3.63, 3.8) is 0 Å². The molecule has 0 amide bonds. The third-order valence-corrected chi connectivity index (χ3v) is 2.24. The molecule has 0 unspecified atom stereocenters. The summed E-state index contributed by atoms with van der Waals surface area (Å²) >= 11 is 0. The lowest BCUT2D eigenvalue weighted by molar-refractivity contribution is 0.222. The zero-order chi connectivity index (χ0) is 14.4. The molecule has 0 saturated heterocycles. The van der Waals surface area contributed by atoms with Crippen LogP contribution in [0.1, 0.15) is 19.5 Å². The highest BCUT2D eigenvalue weighted by molar-refractivity contribution is 5.35. The summed E-state index contributed by atoms with van der Waals surface area (Å²) in [5.74, 6) is 5.93. The van der Waals surface area contributed by atoms with Gasteiger partial charge in [0.05, 0.1) is 18.3 Å². The summed E-state index contributed by atoms with van der Waals surface area (Å²) in [5, 5.41) is 3.05. The fraction of sp³-hybridized carbons (Fsp3) is 0.333. The second-order valence-electron chi connectivity index (χ2n) is 4.25. The molecule has 0 aromatic carbocycles. The van der Waals surface area contributed by atoms with E-state index in [4.69, 9.17) is 10.6 Å². The van der Waals surface area contributed by atoms with E-state index in [0.717, 1.165) is 5.69 Å². The van der Waals surface area contributed by atoms with Crippen LogP contribution < -0.4 is 21.3 Å². The third-order valence-electron chi connectivity index (χ3n) is 2.24. The predicted molar refractivity (Wildman–Crippen MR) is 75.0 cm³/mol. The van der Waals surface area contributed by atoms with Crippen LogP contribution in [0.5, 0.6) is 6.01 Å². The van der Waals surface area contributed by atoms with Crippen molar-refractivity contribution in [3.05, 3.63) is 30.1 Å². The summed E-state index contributed by atoms with van der Waals surface area (Å²) in [7, 11) is 0. The minimum Gasteiger partial charge on any atom is -0.461 e. The van der Waals surface area contributed by atoms with Gasteiger partial charge in [-0.3, -0.25) is 10.4 Å². The van der Waals surface area contributed by atoms with Crippen molar-refractivity contribution < 1.29 is 4.74 Å². The number of rotatable bonds is 6. The monoisotopic (exact) mass is 275 g/mol. The number of pyridine rings is 1. The highest BCUT2D eigenvalue weighted by Crippen LogP contribution is 2.12. The molecule has 0 saturated carbocycles. The molecule has 0 aliphatic heterocycles. The summed E-state index contributed by atoms with van der Waals surface area (Å²) in [6.07, 6.45) is 1.69. The Morgan fingerprint density at radius 3 is 2.65 bits per heavy atom. The van der Waals surface area contributed by atoms with E-state index in [0.29, 0.717) is 12.5 Å². The second-order valence-corrected chi connectivity index (χ2v) is 4.25. The van der Waals surface area contributed by atoms with Gasteiger partial charge in [0.1, 0.15) is 0 Å². The average Bonchev–Trinajstić information content (AvgIpc) is 2.45. The van der Waals surface area contributed by atoms with Gasteiger partial charge < -0.3 is 10.1 Å². The van der Waals surface area contributed by atoms with E-state index in [1.807, 2.05) is 32.0 Å². The van der Waals surface area contributed by atoms with Gasteiger partial charge in [0.15, 0.2) is 0 Å². The maximum atomic E-state index is 5.44. The number of hydrogen-bond donors (Lipinski definition) is 3. The van der Waals surface area contributed by atoms with Crippen molar-refractivity contribution in [2.24, 2.45) is 5.84 Å². The van der Waals surface area contributed by atoms with Crippen LogP contribution in [0.3, 0.4) is 0 Å². The zero-order valence-corrected chi connectivity index (χ0v) is 11.4. The van der Waals surface area contributed by atoms with Crippen molar-refractivity contribution in [1.82, 2.24) is 19.9 Å².